The summed E-state index contributed by atoms with van der Waals surface area (Å²) in [5, 5.41) is 2.69. The quantitative estimate of drug-likeness (QED) is 0.567. The average molecular weight is 415 g/mol. The van der Waals surface area contributed by atoms with Gasteiger partial charge < -0.3 is 15.0 Å². The Balaban J connectivity index is 2.02. The maximum Gasteiger partial charge on any atom is 0.242 e. The third-order valence-corrected chi connectivity index (χ3v) is 5.75. The molecule has 0 bridgehead atoms. The Hall–Kier alpha value is -2.47. The number of ether oxygens (including phenoxy) is 1. The van der Waals surface area contributed by atoms with Gasteiger partial charge >= 0.3 is 0 Å². The second-order valence-corrected chi connectivity index (χ2v) is 7.80. The van der Waals surface area contributed by atoms with Crippen LogP contribution in [0.3, 0.4) is 0 Å². The van der Waals surface area contributed by atoms with Crippen molar-refractivity contribution in [2.24, 2.45) is 0 Å². The molecule has 0 heterocycles. The van der Waals surface area contributed by atoms with Crippen molar-refractivity contribution in [3.63, 3.8) is 0 Å². The van der Waals surface area contributed by atoms with E-state index in [2.05, 4.69) is 17.4 Å². The molecule has 5 nitrogen and oxygen atoms in total. The highest BCUT2D eigenvalue weighted by molar-refractivity contribution is 7.98. The number of thioether (sulfide) groups is 1. The molecule has 29 heavy (non-hydrogen) atoms. The van der Waals surface area contributed by atoms with E-state index in [-0.39, 0.29) is 11.8 Å². The molecule has 0 aliphatic rings. The first-order chi connectivity index (χ1) is 14.1. The van der Waals surface area contributed by atoms with E-state index in [4.69, 9.17) is 4.74 Å². The Morgan fingerprint density at radius 1 is 1.07 bits per heavy atom. The first-order valence-electron chi connectivity index (χ1n) is 9.84. The van der Waals surface area contributed by atoms with Gasteiger partial charge in [-0.1, -0.05) is 49.4 Å². The van der Waals surface area contributed by atoms with Gasteiger partial charge in [0, 0.05) is 31.5 Å². The summed E-state index contributed by atoms with van der Waals surface area (Å²) in [5.74, 6) is 2.22. The van der Waals surface area contributed by atoms with Crippen LogP contribution in [-0.2, 0) is 21.9 Å². The molecule has 0 aliphatic carbocycles. The third kappa shape index (κ3) is 7.13. The maximum atomic E-state index is 13.0. The second-order valence-electron chi connectivity index (χ2n) is 6.70. The fourth-order valence-electron chi connectivity index (χ4n) is 3.08. The molecule has 0 aliphatic heterocycles. The van der Waals surface area contributed by atoms with Crippen LogP contribution in [0.15, 0.2) is 54.6 Å². The van der Waals surface area contributed by atoms with E-state index in [1.165, 1.54) is 5.56 Å². The summed E-state index contributed by atoms with van der Waals surface area (Å²) in [5.41, 5.74) is 2.22. The fraction of sp³-hybridized carbons (Fsp3) is 0.391. The summed E-state index contributed by atoms with van der Waals surface area (Å²) in [6.45, 7) is 2.33. The molecule has 0 fully saturated rings. The molecule has 1 atom stereocenters. The van der Waals surface area contributed by atoms with E-state index in [0.717, 1.165) is 22.8 Å². The number of hydrogen-bond acceptors (Lipinski definition) is 4. The van der Waals surface area contributed by atoms with Crippen molar-refractivity contribution < 1.29 is 14.3 Å². The van der Waals surface area contributed by atoms with Gasteiger partial charge in [-0.3, -0.25) is 9.59 Å². The fourth-order valence-corrected chi connectivity index (χ4v) is 3.97. The van der Waals surface area contributed by atoms with Crippen LogP contribution in [0, 0.1) is 0 Å². The number of nitrogens with zero attached hydrogens (tertiary/aromatic N) is 1. The van der Waals surface area contributed by atoms with E-state index in [0.29, 0.717) is 19.4 Å². The maximum absolute atomic E-state index is 13.0. The van der Waals surface area contributed by atoms with Crippen LogP contribution in [-0.4, -0.2) is 42.7 Å². The van der Waals surface area contributed by atoms with E-state index in [1.54, 1.807) is 30.8 Å². The molecule has 0 saturated carbocycles. The smallest absolute Gasteiger partial charge is 0.242 e. The van der Waals surface area contributed by atoms with Crippen molar-refractivity contribution in [1.29, 1.82) is 0 Å². The van der Waals surface area contributed by atoms with Crippen molar-refractivity contribution >= 4 is 23.6 Å². The standard InChI is InChI=1S/C23H30N2O3S/c1-4-21(23(27)24-2)25(16-18-10-12-20(28-3)13-11-18)22(26)14-15-29-17-19-8-6-5-7-9-19/h5-13,21H,4,14-17H2,1-3H3,(H,24,27). The normalized spacial score (nSPS) is 11.6. The number of benzene rings is 2. The molecule has 1 N–H and O–H groups in total. The highest BCUT2D eigenvalue weighted by Gasteiger charge is 2.27. The highest BCUT2D eigenvalue weighted by Crippen LogP contribution is 2.18. The van der Waals surface area contributed by atoms with Crippen LogP contribution >= 0.6 is 11.8 Å². The van der Waals surface area contributed by atoms with Gasteiger partial charge in [0.2, 0.25) is 11.8 Å². The molecule has 156 valence electrons. The van der Waals surface area contributed by atoms with Crippen LogP contribution in [0.4, 0.5) is 0 Å². The number of amides is 2. The monoisotopic (exact) mass is 414 g/mol. The minimum absolute atomic E-state index is 0.00294. The summed E-state index contributed by atoms with van der Waals surface area (Å²) in [7, 11) is 3.23. The van der Waals surface area contributed by atoms with Crippen molar-refractivity contribution in [2.75, 3.05) is 19.9 Å². The second kappa shape index (κ2) is 12.2. The summed E-state index contributed by atoms with van der Waals surface area (Å²) in [6.07, 6.45) is 0.972. The average Bonchev–Trinajstić information content (AvgIpc) is 2.77. The van der Waals surface area contributed by atoms with Crippen LogP contribution in [0.25, 0.3) is 0 Å². The van der Waals surface area contributed by atoms with Gasteiger partial charge in [-0.2, -0.15) is 11.8 Å². The number of nitrogens with one attached hydrogen (secondary N) is 1. The van der Waals surface area contributed by atoms with Gasteiger partial charge in [-0.25, -0.2) is 0 Å². The first kappa shape index (κ1) is 22.8. The zero-order valence-electron chi connectivity index (χ0n) is 17.4. The van der Waals surface area contributed by atoms with Gasteiger partial charge in [0.25, 0.3) is 0 Å². The molecule has 0 saturated heterocycles. The van der Waals surface area contributed by atoms with Gasteiger partial charge in [0.05, 0.1) is 7.11 Å². The van der Waals surface area contributed by atoms with Gasteiger partial charge in [0.15, 0.2) is 0 Å². The lowest BCUT2D eigenvalue weighted by Gasteiger charge is -2.30. The molecular weight excluding hydrogens is 384 g/mol. The van der Waals surface area contributed by atoms with Gasteiger partial charge in [-0.15, -0.1) is 0 Å². The number of hydrogen-bond donors (Lipinski definition) is 1. The lowest BCUT2D eigenvalue weighted by Crippen LogP contribution is -2.48. The minimum Gasteiger partial charge on any atom is -0.497 e. The largest absolute Gasteiger partial charge is 0.497 e. The van der Waals surface area contributed by atoms with Crippen LogP contribution < -0.4 is 10.1 Å². The van der Waals surface area contributed by atoms with Gasteiger partial charge in [-0.05, 0) is 29.7 Å². The predicted molar refractivity (Wildman–Crippen MR) is 119 cm³/mol. The SMILES string of the molecule is CCC(C(=O)NC)N(Cc1ccc(OC)cc1)C(=O)CCSCc1ccccc1. The number of likely N-dealkylation sites (N-methyl/N-ethyl adjacent to an activating group) is 1. The molecule has 2 aromatic carbocycles. The van der Waals surface area contributed by atoms with E-state index in [1.807, 2.05) is 49.4 Å². The summed E-state index contributed by atoms with van der Waals surface area (Å²) >= 11 is 1.73. The molecule has 0 spiro atoms. The Morgan fingerprint density at radius 3 is 2.34 bits per heavy atom. The third-order valence-electron chi connectivity index (χ3n) is 4.72. The number of carbonyl (C=O) groups is 2. The summed E-state index contributed by atoms with van der Waals surface area (Å²) < 4.78 is 5.20. The Labute approximate surface area is 177 Å². The predicted octanol–water partition coefficient (Wildman–Crippen LogP) is 3.87. The number of carbonyl (C=O) groups excluding carboxylic acids is 2. The van der Waals surface area contributed by atoms with Crippen molar-refractivity contribution in [3.05, 3.63) is 65.7 Å². The van der Waals surface area contributed by atoms with Gasteiger partial charge in [0.1, 0.15) is 11.8 Å². The topological polar surface area (TPSA) is 58.6 Å². The summed E-state index contributed by atoms with van der Waals surface area (Å²) in [6, 6.07) is 17.3. The van der Waals surface area contributed by atoms with Crippen molar-refractivity contribution in [2.45, 2.75) is 38.1 Å². The summed E-state index contributed by atoms with van der Waals surface area (Å²) in [4.78, 5) is 27.1. The Kier molecular flexibility index (Phi) is 9.57. The van der Waals surface area contributed by atoms with Crippen LogP contribution in [0.5, 0.6) is 5.75 Å². The molecule has 0 aromatic heterocycles. The molecule has 2 amide bonds. The molecular formula is C23H30N2O3S. The zero-order valence-corrected chi connectivity index (χ0v) is 18.2. The van der Waals surface area contributed by atoms with Crippen LogP contribution in [0.1, 0.15) is 30.9 Å². The molecule has 0 radical (unpaired) electrons. The minimum atomic E-state index is -0.478. The molecule has 2 rings (SSSR count). The first-order valence-corrected chi connectivity index (χ1v) is 11.0. The lowest BCUT2D eigenvalue weighted by molar-refractivity contribution is -0.140. The van der Waals surface area contributed by atoms with Crippen LogP contribution in [0.2, 0.25) is 0 Å². The highest BCUT2D eigenvalue weighted by atomic mass is 32.2. The number of rotatable bonds is 11. The Bertz CT molecular complexity index is 765. The van der Waals surface area contributed by atoms with E-state index < -0.39 is 6.04 Å². The van der Waals surface area contributed by atoms with Crippen molar-refractivity contribution in [1.82, 2.24) is 10.2 Å². The molecule has 2 aromatic rings. The molecule has 6 heteroatoms. The van der Waals surface area contributed by atoms with E-state index >= 15 is 0 Å². The lowest BCUT2D eigenvalue weighted by atomic mass is 10.1. The van der Waals surface area contributed by atoms with Crippen molar-refractivity contribution in [3.8, 4) is 5.75 Å². The van der Waals surface area contributed by atoms with E-state index in [9.17, 15) is 9.59 Å². The Morgan fingerprint density at radius 2 is 1.76 bits per heavy atom. The zero-order chi connectivity index (χ0) is 21.1. The molecule has 1 unspecified atom stereocenters. The number of methoxy groups -OCH3 is 1.